The first-order chi connectivity index (χ1) is 8.78. The van der Waals surface area contributed by atoms with Gasteiger partial charge in [0, 0.05) is 13.8 Å². The molecular weight excluding hydrogens is 291 g/mol. The molecule has 0 atom stereocenters. The van der Waals surface area contributed by atoms with Crippen molar-refractivity contribution in [3.8, 4) is 0 Å². The van der Waals surface area contributed by atoms with E-state index in [1.165, 1.54) is 13.8 Å². The SMILES string of the molecule is CC1(C)OC(=O)C(Cc2ccc(Cl)c(Cl)c2)C(=O)O1. The van der Waals surface area contributed by atoms with Crippen LogP contribution in [0.1, 0.15) is 19.4 Å². The molecule has 0 unspecified atom stereocenters. The average molecular weight is 303 g/mol. The van der Waals surface area contributed by atoms with Gasteiger partial charge in [-0.3, -0.25) is 9.59 Å². The van der Waals surface area contributed by atoms with E-state index in [0.717, 1.165) is 0 Å². The highest BCUT2D eigenvalue weighted by Gasteiger charge is 2.43. The lowest BCUT2D eigenvalue weighted by atomic mass is 9.98. The summed E-state index contributed by atoms with van der Waals surface area (Å²) in [5, 5.41) is 0.789. The van der Waals surface area contributed by atoms with E-state index in [2.05, 4.69) is 0 Å². The highest BCUT2D eigenvalue weighted by Crippen LogP contribution is 2.28. The average Bonchev–Trinajstić information content (AvgIpc) is 2.27. The number of benzene rings is 1. The van der Waals surface area contributed by atoms with Gasteiger partial charge in [-0.15, -0.1) is 0 Å². The Kier molecular flexibility index (Phi) is 3.74. The van der Waals surface area contributed by atoms with Crippen molar-refractivity contribution in [3.63, 3.8) is 0 Å². The summed E-state index contributed by atoms with van der Waals surface area (Å²) < 4.78 is 10.1. The lowest BCUT2D eigenvalue weighted by Gasteiger charge is -2.32. The number of ether oxygens (including phenoxy) is 2. The molecule has 0 amide bonds. The molecule has 1 aliphatic heterocycles. The molecule has 1 aromatic rings. The minimum atomic E-state index is -1.21. The fourth-order valence-electron chi connectivity index (χ4n) is 1.81. The van der Waals surface area contributed by atoms with Crippen molar-refractivity contribution >= 4 is 35.1 Å². The lowest BCUT2D eigenvalue weighted by molar-refractivity contribution is -0.239. The standard InChI is InChI=1S/C13H12Cl2O4/c1-13(2)18-11(16)8(12(17)19-13)5-7-3-4-9(14)10(15)6-7/h3-4,6,8H,5H2,1-2H3. The van der Waals surface area contributed by atoms with Crippen molar-refractivity contribution in [2.45, 2.75) is 26.1 Å². The molecule has 1 heterocycles. The normalized spacial score (nSPS) is 18.9. The molecule has 0 N–H and O–H groups in total. The second kappa shape index (κ2) is 5.02. The van der Waals surface area contributed by atoms with Crippen LogP contribution in [-0.4, -0.2) is 17.7 Å². The first kappa shape index (κ1) is 14.2. The van der Waals surface area contributed by atoms with Gasteiger partial charge in [-0.2, -0.15) is 0 Å². The fourth-order valence-corrected chi connectivity index (χ4v) is 2.13. The van der Waals surface area contributed by atoms with Crippen LogP contribution in [0.15, 0.2) is 18.2 Å². The molecule has 0 aliphatic carbocycles. The number of halogens is 2. The Morgan fingerprint density at radius 1 is 1.11 bits per heavy atom. The quantitative estimate of drug-likeness (QED) is 0.622. The van der Waals surface area contributed by atoms with Gasteiger partial charge in [0.15, 0.2) is 5.92 Å². The van der Waals surface area contributed by atoms with Crippen molar-refractivity contribution in [3.05, 3.63) is 33.8 Å². The third-order valence-electron chi connectivity index (χ3n) is 2.69. The van der Waals surface area contributed by atoms with Gasteiger partial charge in [-0.05, 0) is 24.1 Å². The molecule has 0 spiro atoms. The van der Waals surface area contributed by atoms with E-state index in [0.29, 0.717) is 15.6 Å². The molecule has 1 fully saturated rings. The van der Waals surface area contributed by atoms with Crippen LogP contribution in [0, 0.1) is 5.92 Å². The third-order valence-corrected chi connectivity index (χ3v) is 3.42. The topological polar surface area (TPSA) is 52.6 Å². The van der Waals surface area contributed by atoms with Gasteiger partial charge in [-0.25, -0.2) is 0 Å². The molecule has 6 heteroatoms. The Balaban J connectivity index is 2.16. The summed E-state index contributed by atoms with van der Waals surface area (Å²) in [6.45, 7) is 3.02. The zero-order valence-electron chi connectivity index (χ0n) is 10.4. The van der Waals surface area contributed by atoms with Crippen molar-refractivity contribution in [2.75, 3.05) is 0 Å². The smallest absolute Gasteiger partial charge is 0.323 e. The van der Waals surface area contributed by atoms with Crippen molar-refractivity contribution in [1.82, 2.24) is 0 Å². The molecule has 0 aromatic heterocycles. The van der Waals surface area contributed by atoms with E-state index in [9.17, 15) is 9.59 Å². The number of hydrogen-bond donors (Lipinski definition) is 0. The highest BCUT2D eigenvalue weighted by molar-refractivity contribution is 6.42. The Labute approximate surface area is 120 Å². The van der Waals surface area contributed by atoms with E-state index in [4.69, 9.17) is 32.7 Å². The monoisotopic (exact) mass is 302 g/mol. The van der Waals surface area contributed by atoms with Crippen LogP contribution in [0.4, 0.5) is 0 Å². The molecule has 0 bridgehead atoms. The molecule has 1 aliphatic rings. The van der Waals surface area contributed by atoms with Gasteiger partial charge >= 0.3 is 11.9 Å². The van der Waals surface area contributed by atoms with E-state index in [-0.39, 0.29) is 6.42 Å². The maximum Gasteiger partial charge on any atom is 0.323 e. The minimum absolute atomic E-state index is 0.171. The molecule has 2 rings (SSSR count). The molecule has 1 aromatic carbocycles. The summed E-state index contributed by atoms with van der Waals surface area (Å²) in [7, 11) is 0. The van der Waals surface area contributed by atoms with E-state index >= 15 is 0 Å². The number of hydrogen-bond acceptors (Lipinski definition) is 4. The minimum Gasteiger partial charge on any atom is -0.422 e. The first-order valence-electron chi connectivity index (χ1n) is 5.68. The predicted molar refractivity (Wildman–Crippen MR) is 69.9 cm³/mol. The number of rotatable bonds is 2. The maximum absolute atomic E-state index is 11.8. The summed E-state index contributed by atoms with van der Waals surface area (Å²) in [4.78, 5) is 23.6. The maximum atomic E-state index is 11.8. The molecular formula is C13H12Cl2O4. The van der Waals surface area contributed by atoms with E-state index < -0.39 is 23.6 Å². The summed E-state index contributed by atoms with van der Waals surface area (Å²) in [5.41, 5.74) is 0.716. The molecule has 0 saturated carbocycles. The van der Waals surface area contributed by atoms with E-state index in [1.807, 2.05) is 0 Å². The van der Waals surface area contributed by atoms with Gasteiger partial charge in [0.05, 0.1) is 10.0 Å². The molecule has 102 valence electrons. The van der Waals surface area contributed by atoms with Crippen molar-refractivity contribution in [2.24, 2.45) is 5.92 Å². The Bertz CT molecular complexity index is 519. The van der Waals surface area contributed by atoms with Gasteiger partial charge < -0.3 is 9.47 Å². The van der Waals surface area contributed by atoms with Gasteiger partial charge in [0.1, 0.15) is 0 Å². The van der Waals surface area contributed by atoms with Crippen LogP contribution >= 0.6 is 23.2 Å². The highest BCUT2D eigenvalue weighted by atomic mass is 35.5. The van der Waals surface area contributed by atoms with Crippen LogP contribution in [0.3, 0.4) is 0 Å². The Hall–Kier alpha value is -1.26. The van der Waals surface area contributed by atoms with Crippen molar-refractivity contribution in [1.29, 1.82) is 0 Å². The second-order valence-electron chi connectivity index (χ2n) is 4.75. The summed E-state index contributed by atoms with van der Waals surface area (Å²) in [6.07, 6.45) is 0.171. The van der Waals surface area contributed by atoms with Gasteiger partial charge in [-0.1, -0.05) is 29.3 Å². The summed E-state index contributed by atoms with van der Waals surface area (Å²) >= 11 is 11.7. The number of carbonyl (C=O) groups is 2. The van der Waals surface area contributed by atoms with Crippen LogP contribution in [0.2, 0.25) is 10.0 Å². The summed E-state index contributed by atoms with van der Waals surface area (Å²) in [6, 6.07) is 4.93. The van der Waals surface area contributed by atoms with Gasteiger partial charge in [0.25, 0.3) is 5.79 Å². The number of cyclic esters (lactones) is 2. The second-order valence-corrected chi connectivity index (χ2v) is 5.56. The molecule has 4 nitrogen and oxygen atoms in total. The van der Waals surface area contributed by atoms with Crippen LogP contribution in [-0.2, 0) is 25.5 Å². The zero-order valence-corrected chi connectivity index (χ0v) is 11.9. The van der Waals surface area contributed by atoms with E-state index in [1.54, 1.807) is 18.2 Å². The number of carbonyl (C=O) groups excluding carboxylic acids is 2. The van der Waals surface area contributed by atoms with Gasteiger partial charge in [0.2, 0.25) is 0 Å². The Morgan fingerprint density at radius 3 is 2.21 bits per heavy atom. The van der Waals surface area contributed by atoms with Crippen LogP contribution in [0.25, 0.3) is 0 Å². The zero-order chi connectivity index (χ0) is 14.2. The first-order valence-corrected chi connectivity index (χ1v) is 6.44. The lowest BCUT2D eigenvalue weighted by Crippen LogP contribution is -2.46. The van der Waals surface area contributed by atoms with Crippen LogP contribution < -0.4 is 0 Å². The molecule has 0 radical (unpaired) electrons. The largest absolute Gasteiger partial charge is 0.422 e. The molecule has 1 saturated heterocycles. The fraction of sp³-hybridized carbons (Fsp3) is 0.385. The Morgan fingerprint density at radius 2 is 1.68 bits per heavy atom. The molecule has 19 heavy (non-hydrogen) atoms. The predicted octanol–water partition coefficient (Wildman–Crippen LogP) is 2.99. The summed E-state index contributed by atoms with van der Waals surface area (Å²) in [5.74, 6) is -3.35. The number of esters is 2. The van der Waals surface area contributed by atoms with Crippen LogP contribution in [0.5, 0.6) is 0 Å². The van der Waals surface area contributed by atoms with Crippen molar-refractivity contribution < 1.29 is 19.1 Å². The third kappa shape index (κ3) is 3.19.